The maximum Gasteiger partial charge on any atom is 0.330 e. The lowest BCUT2D eigenvalue weighted by molar-refractivity contribution is -0.286. The maximum atomic E-state index is 13.6. The Bertz CT molecular complexity index is 2210. The number of fused-ring (bicyclic) bond motifs is 9. The lowest BCUT2D eigenvalue weighted by Crippen LogP contribution is -2.51. The molecule has 5 aliphatic rings. The number of oxazole rings is 2. The van der Waals surface area contributed by atoms with Crippen LogP contribution in [0.15, 0.2) is 92.2 Å². The van der Waals surface area contributed by atoms with Gasteiger partial charge in [0.05, 0.1) is 67.5 Å². The second kappa shape index (κ2) is 24.5. The molecule has 8 bridgehead atoms. The first kappa shape index (κ1) is 53.0. The molecule has 0 saturated carbocycles. The standard InChI is InChI=1S/C53H71BrN2O13/c1-31(16-17-38(61-6)12-10-18-54)21-44(58)47-26-42(62-7)27-53(60,69-47)28-49-55-36(29-63-49)22-33(3)51-35(5)52-34(4)45(67-51)13-9-14-48-56-43(30-64-48)46-24-37(57)23-41(66-46)25-40-20-32(2)19-39(65-40)11-8-15-50(59)68-52/h8-10,14-18,21-22,29-30,34-35,37-42,44-47,51-52,57-58,60H,2,11-13,19-20,23-28H2,1,3-7H3/b14-9+,15-8-,17-16+,18-10+,31-21+,33-22+/t34-,35+,37-,38-,39+,40-,41+,42-,44-,45-,46-,47-,51+,52+,53+/m1/s1. The molecular weight excluding hydrogens is 952 g/mol. The third kappa shape index (κ3) is 14.6. The fraction of sp³-hybridized carbons (Fsp3) is 0.604. The summed E-state index contributed by atoms with van der Waals surface area (Å²) in [4.78, 5) is 24.8. The number of aliphatic hydroxyl groups is 3. The molecule has 4 saturated heterocycles. The number of carbonyl (C=O) groups is 1. The van der Waals surface area contributed by atoms with Gasteiger partial charge < -0.3 is 57.3 Å². The van der Waals surface area contributed by atoms with Gasteiger partial charge in [-0.2, -0.15) is 0 Å². The van der Waals surface area contributed by atoms with E-state index in [-0.39, 0.29) is 67.2 Å². The fourth-order valence-corrected chi connectivity index (χ4v) is 10.6. The van der Waals surface area contributed by atoms with E-state index in [2.05, 4.69) is 22.5 Å². The third-order valence-electron chi connectivity index (χ3n) is 13.9. The fourth-order valence-electron chi connectivity index (χ4n) is 10.4. The molecule has 0 amide bonds. The number of esters is 1. The highest BCUT2D eigenvalue weighted by Gasteiger charge is 2.45. The zero-order valence-corrected chi connectivity index (χ0v) is 42.3. The summed E-state index contributed by atoms with van der Waals surface area (Å²) >= 11 is 3.28. The van der Waals surface area contributed by atoms with E-state index in [1.807, 2.05) is 64.2 Å². The number of hydrogen-bond donors (Lipinski definition) is 3. The van der Waals surface area contributed by atoms with Crippen LogP contribution in [0.4, 0.5) is 0 Å². The molecule has 5 aliphatic heterocycles. The van der Waals surface area contributed by atoms with E-state index in [0.717, 1.165) is 16.7 Å². The maximum absolute atomic E-state index is 13.6. The van der Waals surface area contributed by atoms with Crippen LogP contribution in [0.1, 0.15) is 121 Å². The summed E-state index contributed by atoms with van der Waals surface area (Å²) in [5.41, 5.74) is 3.86. The minimum absolute atomic E-state index is 0.0830. The summed E-state index contributed by atoms with van der Waals surface area (Å²) in [7, 11) is 3.22. The average molecular weight is 1020 g/mol. The molecule has 16 heteroatoms. The van der Waals surface area contributed by atoms with Gasteiger partial charge in [-0.1, -0.05) is 84.0 Å². The molecule has 0 unspecified atom stereocenters. The van der Waals surface area contributed by atoms with Crippen molar-refractivity contribution in [1.29, 1.82) is 0 Å². The van der Waals surface area contributed by atoms with Crippen molar-refractivity contribution in [3.8, 4) is 0 Å². The van der Waals surface area contributed by atoms with Crippen molar-refractivity contribution in [3.63, 3.8) is 0 Å². The summed E-state index contributed by atoms with van der Waals surface area (Å²) in [6, 6.07) is 0. The first-order valence-corrected chi connectivity index (χ1v) is 25.2. The zero-order valence-electron chi connectivity index (χ0n) is 40.7. The summed E-state index contributed by atoms with van der Waals surface area (Å²) in [5.74, 6) is -1.95. The Kier molecular flexibility index (Phi) is 18.9. The lowest BCUT2D eigenvalue weighted by atomic mass is 9.79. The van der Waals surface area contributed by atoms with E-state index in [1.165, 1.54) is 12.3 Å². The van der Waals surface area contributed by atoms with Crippen molar-refractivity contribution in [2.24, 2.45) is 11.8 Å². The smallest absolute Gasteiger partial charge is 0.330 e. The normalized spacial score (nSPS) is 36.1. The number of ether oxygens (including phenoxy) is 7. The van der Waals surface area contributed by atoms with Crippen LogP contribution in [-0.4, -0.2) is 118 Å². The van der Waals surface area contributed by atoms with Crippen molar-refractivity contribution < 1.29 is 62.1 Å². The summed E-state index contributed by atoms with van der Waals surface area (Å²) < 4.78 is 55.2. The van der Waals surface area contributed by atoms with Crippen LogP contribution in [0.25, 0.3) is 12.2 Å². The van der Waals surface area contributed by atoms with E-state index in [0.29, 0.717) is 75.1 Å². The predicted octanol–water partition coefficient (Wildman–Crippen LogP) is 8.76. The molecule has 4 fully saturated rings. The van der Waals surface area contributed by atoms with Crippen LogP contribution in [-0.2, 0) is 44.4 Å². The highest BCUT2D eigenvalue weighted by molar-refractivity contribution is 9.11. The molecule has 7 rings (SSSR count). The average Bonchev–Trinajstić information content (AvgIpc) is 3.96. The summed E-state index contributed by atoms with van der Waals surface area (Å²) in [6.07, 6.45) is 19.5. The topological polar surface area (TPSA) is 194 Å². The largest absolute Gasteiger partial charge is 0.458 e. The number of hydrogen-bond acceptors (Lipinski definition) is 15. The van der Waals surface area contributed by atoms with Crippen molar-refractivity contribution in [1.82, 2.24) is 9.97 Å². The number of methoxy groups -OCH3 is 2. The quantitative estimate of drug-likeness (QED) is 0.104. The number of halogens is 1. The molecule has 15 atom stereocenters. The minimum atomic E-state index is -1.73. The summed E-state index contributed by atoms with van der Waals surface area (Å²) in [5, 5.41) is 33.9. The highest BCUT2D eigenvalue weighted by atomic mass is 79.9. The van der Waals surface area contributed by atoms with E-state index < -0.39 is 48.4 Å². The van der Waals surface area contributed by atoms with Crippen LogP contribution < -0.4 is 0 Å². The first-order valence-electron chi connectivity index (χ1n) is 24.3. The Hall–Kier alpha value is -3.81. The molecule has 3 N–H and O–H groups in total. The molecule has 7 heterocycles. The summed E-state index contributed by atoms with van der Waals surface area (Å²) in [6.45, 7) is 12.2. The van der Waals surface area contributed by atoms with Gasteiger partial charge in [-0.25, -0.2) is 14.8 Å². The SMILES string of the molecule is C=C1C[C@@H]2C[C@@H]3C[C@@H](O)C[C@@H](O3)c3coc(n3)/C=C/C[C@H]3O[C@@H](/C(C)=C/c4coc(C[C@]5(O)C[C@H](OC)C[C@H]([C@H](O)/C=C(C)/C=C/[C@@H](C/C=C/Br)OC)O5)n4)[C@H](C)[C@@H](OC(=O)/C=C\C[C@@H](C1)O2)[C@@H]3C. The van der Waals surface area contributed by atoms with Gasteiger partial charge in [0.2, 0.25) is 5.89 Å². The van der Waals surface area contributed by atoms with E-state index >= 15 is 0 Å². The van der Waals surface area contributed by atoms with Gasteiger partial charge in [-0.3, -0.25) is 0 Å². The number of aromatic nitrogens is 2. The van der Waals surface area contributed by atoms with Gasteiger partial charge in [-0.15, -0.1) is 0 Å². The van der Waals surface area contributed by atoms with E-state index in [4.69, 9.17) is 52.0 Å². The molecule has 2 aromatic rings. The van der Waals surface area contributed by atoms with Crippen molar-refractivity contribution >= 4 is 34.1 Å². The molecule has 2 aromatic heterocycles. The molecule has 69 heavy (non-hydrogen) atoms. The predicted molar refractivity (Wildman–Crippen MR) is 261 cm³/mol. The molecule has 0 radical (unpaired) electrons. The van der Waals surface area contributed by atoms with Gasteiger partial charge in [0, 0.05) is 57.8 Å². The minimum Gasteiger partial charge on any atom is -0.458 e. The number of allylic oxidation sites excluding steroid dienone is 2. The number of nitrogens with zero attached hydrogens (tertiary/aromatic N) is 2. The molecule has 0 aliphatic carbocycles. The number of carbonyl (C=O) groups excluding carboxylic acids is 1. The number of rotatable bonds is 12. The van der Waals surface area contributed by atoms with E-state index in [1.54, 1.807) is 37.6 Å². The Balaban J connectivity index is 1.06. The van der Waals surface area contributed by atoms with E-state index in [9.17, 15) is 20.1 Å². The van der Waals surface area contributed by atoms with Crippen LogP contribution in [0.3, 0.4) is 0 Å². The van der Waals surface area contributed by atoms with Gasteiger partial charge in [-0.05, 0) is 75.1 Å². The molecular formula is C53H71BrN2O13. The van der Waals surface area contributed by atoms with Gasteiger partial charge in [0.25, 0.3) is 0 Å². The molecule has 0 aromatic carbocycles. The van der Waals surface area contributed by atoms with Crippen LogP contribution in [0, 0.1) is 11.8 Å². The third-order valence-corrected chi connectivity index (χ3v) is 14.2. The molecule has 15 nitrogen and oxygen atoms in total. The lowest BCUT2D eigenvalue weighted by Gasteiger charge is -2.44. The van der Waals surface area contributed by atoms with Crippen LogP contribution >= 0.6 is 15.9 Å². The molecule has 378 valence electrons. The monoisotopic (exact) mass is 1020 g/mol. The van der Waals surface area contributed by atoms with Gasteiger partial charge >= 0.3 is 5.97 Å². The van der Waals surface area contributed by atoms with Crippen molar-refractivity contribution in [2.75, 3.05) is 14.2 Å². The van der Waals surface area contributed by atoms with Crippen molar-refractivity contribution in [3.05, 3.63) is 107 Å². The van der Waals surface area contributed by atoms with Crippen LogP contribution in [0.5, 0.6) is 0 Å². The van der Waals surface area contributed by atoms with Gasteiger partial charge in [0.1, 0.15) is 36.1 Å². The Morgan fingerprint density at radius 1 is 0.986 bits per heavy atom. The van der Waals surface area contributed by atoms with Gasteiger partial charge in [0.15, 0.2) is 11.7 Å². The first-order chi connectivity index (χ1) is 33.1. The second-order valence-electron chi connectivity index (χ2n) is 19.5. The Labute approximate surface area is 414 Å². The molecule has 0 spiro atoms. The Morgan fingerprint density at radius 3 is 2.57 bits per heavy atom. The van der Waals surface area contributed by atoms with Crippen molar-refractivity contribution in [2.45, 2.75) is 177 Å². The highest BCUT2D eigenvalue weighted by Crippen LogP contribution is 2.40. The second-order valence-corrected chi connectivity index (χ2v) is 20.0. The zero-order chi connectivity index (χ0) is 49.2. The van der Waals surface area contributed by atoms with Crippen LogP contribution in [0.2, 0.25) is 0 Å². The number of aliphatic hydroxyl groups excluding tert-OH is 2. The Morgan fingerprint density at radius 2 is 1.78 bits per heavy atom.